The third-order valence-corrected chi connectivity index (χ3v) is 7.81. The Balaban J connectivity index is 1.28. The highest BCUT2D eigenvalue weighted by molar-refractivity contribution is 5.78. The number of carbonyl (C=O) groups is 1. The summed E-state index contributed by atoms with van der Waals surface area (Å²) >= 11 is 0. The van der Waals surface area contributed by atoms with E-state index in [0.717, 1.165) is 37.8 Å². The fourth-order valence-electron chi connectivity index (χ4n) is 6.34. The summed E-state index contributed by atoms with van der Waals surface area (Å²) < 4.78 is 6.07. The lowest BCUT2D eigenvalue weighted by Gasteiger charge is -2.46. The summed E-state index contributed by atoms with van der Waals surface area (Å²) in [7, 11) is 4.33. The minimum absolute atomic E-state index is 0.218. The topological polar surface area (TPSA) is 44.8 Å². The van der Waals surface area contributed by atoms with Gasteiger partial charge in [0.2, 0.25) is 5.91 Å². The van der Waals surface area contributed by atoms with E-state index in [-0.39, 0.29) is 5.91 Å². The highest BCUT2D eigenvalue weighted by Gasteiger charge is 2.43. The number of morpholine rings is 1. The van der Waals surface area contributed by atoms with E-state index in [0.29, 0.717) is 36.7 Å². The van der Waals surface area contributed by atoms with Crippen molar-refractivity contribution < 1.29 is 9.53 Å². The van der Waals surface area contributed by atoms with Crippen molar-refractivity contribution >= 4 is 5.91 Å². The van der Waals surface area contributed by atoms with Gasteiger partial charge in [-0.05, 0) is 77.3 Å². The van der Waals surface area contributed by atoms with Crippen LogP contribution in [0.3, 0.4) is 0 Å². The molecule has 3 saturated carbocycles. The first-order valence-corrected chi connectivity index (χ1v) is 10.8. The van der Waals surface area contributed by atoms with Crippen molar-refractivity contribution in [1.82, 2.24) is 15.1 Å². The molecule has 2 bridgehead atoms. The van der Waals surface area contributed by atoms with Gasteiger partial charge in [0.1, 0.15) is 0 Å². The number of fused-ring (bicyclic) bond motifs is 3. The predicted molar refractivity (Wildman–Crippen MR) is 103 cm³/mol. The van der Waals surface area contributed by atoms with Gasteiger partial charge in [-0.2, -0.15) is 0 Å². The average molecular weight is 364 g/mol. The number of nitrogens with zero attached hydrogens (tertiary/aromatic N) is 2. The number of carbonyl (C=O) groups excluding carboxylic acids is 1. The first kappa shape index (κ1) is 18.7. The predicted octanol–water partition coefficient (Wildman–Crippen LogP) is 2.11. The van der Waals surface area contributed by atoms with Gasteiger partial charge in [-0.15, -0.1) is 0 Å². The van der Waals surface area contributed by atoms with E-state index < -0.39 is 0 Å². The maximum Gasteiger partial charge on any atom is 0.234 e. The summed E-state index contributed by atoms with van der Waals surface area (Å²) in [6.45, 7) is 4.43. The molecule has 0 spiro atoms. The molecule has 1 saturated heterocycles. The van der Waals surface area contributed by atoms with Gasteiger partial charge >= 0.3 is 0 Å². The molecule has 1 N–H and O–H groups in total. The number of rotatable bonds is 5. The van der Waals surface area contributed by atoms with Gasteiger partial charge < -0.3 is 15.0 Å². The molecule has 4 fully saturated rings. The number of ether oxygens (including phenoxy) is 1. The SMILES string of the molecule is C[C@H](NC(=O)CN1CCO[C@@H]2C[C@H](N(C)C)CC[C@@H]21)[C@@H]1C[C@H]2CC[C@H]1C2. The molecule has 148 valence electrons. The molecular formula is C21H37N3O2. The highest BCUT2D eigenvalue weighted by Crippen LogP contribution is 2.49. The van der Waals surface area contributed by atoms with Crippen LogP contribution in [0.15, 0.2) is 0 Å². The van der Waals surface area contributed by atoms with Gasteiger partial charge in [0.05, 0.1) is 19.3 Å². The minimum atomic E-state index is 0.218. The maximum absolute atomic E-state index is 12.7. The van der Waals surface area contributed by atoms with Gasteiger partial charge in [-0.1, -0.05) is 6.42 Å². The van der Waals surface area contributed by atoms with Crippen LogP contribution in [-0.2, 0) is 9.53 Å². The van der Waals surface area contributed by atoms with Crippen LogP contribution in [0.4, 0.5) is 0 Å². The van der Waals surface area contributed by atoms with E-state index >= 15 is 0 Å². The van der Waals surface area contributed by atoms with Gasteiger partial charge in [0, 0.05) is 24.7 Å². The molecule has 1 aliphatic heterocycles. The Bertz CT molecular complexity index is 511. The molecule has 4 aliphatic rings. The van der Waals surface area contributed by atoms with Crippen molar-refractivity contribution in [3.63, 3.8) is 0 Å². The Morgan fingerprint density at radius 1 is 1.19 bits per heavy atom. The van der Waals surface area contributed by atoms with E-state index in [9.17, 15) is 4.79 Å². The van der Waals surface area contributed by atoms with Gasteiger partial charge in [-0.25, -0.2) is 0 Å². The smallest absolute Gasteiger partial charge is 0.234 e. The summed E-state index contributed by atoms with van der Waals surface area (Å²) in [5, 5.41) is 3.35. The lowest BCUT2D eigenvalue weighted by Crippen LogP contribution is -2.58. The zero-order valence-electron chi connectivity index (χ0n) is 16.8. The van der Waals surface area contributed by atoms with Crippen molar-refractivity contribution in [2.45, 2.75) is 76.1 Å². The first-order valence-electron chi connectivity index (χ1n) is 10.8. The lowest BCUT2D eigenvalue weighted by atomic mass is 9.84. The molecule has 0 unspecified atom stereocenters. The van der Waals surface area contributed by atoms with Crippen LogP contribution in [-0.4, -0.2) is 73.7 Å². The molecule has 3 aliphatic carbocycles. The van der Waals surface area contributed by atoms with Crippen molar-refractivity contribution in [1.29, 1.82) is 0 Å². The van der Waals surface area contributed by atoms with E-state index in [4.69, 9.17) is 4.74 Å². The monoisotopic (exact) mass is 363 g/mol. The second kappa shape index (κ2) is 7.76. The van der Waals surface area contributed by atoms with Crippen LogP contribution in [0.2, 0.25) is 0 Å². The summed E-state index contributed by atoms with van der Waals surface area (Å²) in [6, 6.07) is 1.37. The number of hydrogen-bond donors (Lipinski definition) is 1. The normalized spacial score (nSPS) is 41.2. The van der Waals surface area contributed by atoms with Crippen molar-refractivity contribution in [2.24, 2.45) is 17.8 Å². The summed E-state index contributed by atoms with van der Waals surface area (Å²) in [6.07, 6.45) is 9.28. The largest absolute Gasteiger partial charge is 0.375 e. The van der Waals surface area contributed by atoms with Gasteiger partial charge in [0.25, 0.3) is 0 Å². The molecule has 1 amide bonds. The van der Waals surface area contributed by atoms with Gasteiger partial charge in [-0.3, -0.25) is 9.69 Å². The summed E-state index contributed by atoms with van der Waals surface area (Å²) in [4.78, 5) is 17.4. The number of amides is 1. The maximum atomic E-state index is 12.7. The van der Waals surface area contributed by atoms with Crippen molar-refractivity contribution in [3.05, 3.63) is 0 Å². The molecular weight excluding hydrogens is 326 g/mol. The molecule has 0 aromatic rings. The van der Waals surface area contributed by atoms with E-state index in [1.165, 1.54) is 32.1 Å². The van der Waals surface area contributed by atoms with Crippen molar-refractivity contribution in [2.75, 3.05) is 33.8 Å². The van der Waals surface area contributed by atoms with Crippen LogP contribution in [0.5, 0.6) is 0 Å². The Labute approximate surface area is 158 Å². The zero-order valence-corrected chi connectivity index (χ0v) is 16.8. The Hall–Kier alpha value is -0.650. The summed E-state index contributed by atoms with van der Waals surface area (Å²) in [5.41, 5.74) is 0. The third-order valence-electron chi connectivity index (χ3n) is 7.81. The van der Waals surface area contributed by atoms with Crippen LogP contribution < -0.4 is 5.32 Å². The van der Waals surface area contributed by atoms with Gasteiger partial charge in [0.15, 0.2) is 0 Å². The molecule has 0 aromatic heterocycles. The Kier molecular flexibility index (Phi) is 5.58. The fraction of sp³-hybridized carbons (Fsp3) is 0.952. The molecule has 7 atom stereocenters. The fourth-order valence-corrected chi connectivity index (χ4v) is 6.34. The Morgan fingerprint density at radius 3 is 2.73 bits per heavy atom. The number of nitrogens with one attached hydrogen (secondary N) is 1. The second-order valence-electron chi connectivity index (χ2n) is 9.57. The molecule has 5 nitrogen and oxygen atoms in total. The molecule has 0 radical (unpaired) electrons. The second-order valence-corrected chi connectivity index (χ2v) is 9.57. The standard InChI is InChI=1S/C21H37N3O2/c1-14(18-11-15-4-5-16(18)10-15)22-21(25)13-24-8-9-26-20-12-17(23(2)3)6-7-19(20)24/h14-20H,4-13H2,1-3H3,(H,22,25)/t14-,15-,16-,17+,18-,19-,20+/m0/s1. The van der Waals surface area contributed by atoms with E-state index in [2.05, 4.69) is 36.1 Å². The average Bonchev–Trinajstić information content (AvgIpc) is 3.24. The molecule has 5 heteroatoms. The van der Waals surface area contributed by atoms with Crippen molar-refractivity contribution in [3.8, 4) is 0 Å². The summed E-state index contributed by atoms with van der Waals surface area (Å²) in [5.74, 6) is 2.74. The Morgan fingerprint density at radius 2 is 2.04 bits per heavy atom. The highest BCUT2D eigenvalue weighted by atomic mass is 16.5. The number of hydrogen-bond acceptors (Lipinski definition) is 4. The minimum Gasteiger partial charge on any atom is -0.375 e. The van der Waals surface area contributed by atoms with E-state index in [1.54, 1.807) is 0 Å². The van der Waals surface area contributed by atoms with Crippen LogP contribution in [0, 0.1) is 17.8 Å². The molecule has 26 heavy (non-hydrogen) atoms. The third kappa shape index (κ3) is 3.81. The molecule has 1 heterocycles. The van der Waals surface area contributed by atoms with Crippen LogP contribution >= 0.6 is 0 Å². The van der Waals surface area contributed by atoms with Crippen LogP contribution in [0.1, 0.15) is 51.9 Å². The quantitative estimate of drug-likeness (QED) is 0.813. The van der Waals surface area contributed by atoms with E-state index in [1.807, 2.05) is 0 Å². The molecule has 0 aromatic carbocycles. The first-order chi connectivity index (χ1) is 12.5. The van der Waals surface area contributed by atoms with Crippen LogP contribution in [0.25, 0.3) is 0 Å². The lowest BCUT2D eigenvalue weighted by molar-refractivity contribution is -0.132. The zero-order chi connectivity index (χ0) is 18.3. The molecule has 4 rings (SSSR count).